The van der Waals surface area contributed by atoms with Gasteiger partial charge in [-0.3, -0.25) is 0 Å². The molecule has 0 fully saturated rings. The van der Waals surface area contributed by atoms with Crippen molar-refractivity contribution in [2.24, 2.45) is 0 Å². The van der Waals surface area contributed by atoms with E-state index >= 15 is 0 Å². The van der Waals surface area contributed by atoms with Crippen molar-refractivity contribution in [1.29, 1.82) is 5.26 Å². The summed E-state index contributed by atoms with van der Waals surface area (Å²) >= 11 is 5.83. The van der Waals surface area contributed by atoms with Gasteiger partial charge in [-0.2, -0.15) is 5.26 Å². The number of rotatable bonds is 5. The summed E-state index contributed by atoms with van der Waals surface area (Å²) in [5.41, 5.74) is 0.680. The molecule has 1 aromatic rings. The van der Waals surface area contributed by atoms with Gasteiger partial charge >= 0.3 is 5.97 Å². The van der Waals surface area contributed by atoms with Crippen molar-refractivity contribution in [2.75, 3.05) is 6.61 Å². The molecule has 0 bridgehead atoms. The van der Waals surface area contributed by atoms with Gasteiger partial charge in [0.05, 0.1) is 6.61 Å². The van der Waals surface area contributed by atoms with Gasteiger partial charge in [0, 0.05) is 5.02 Å². The van der Waals surface area contributed by atoms with Crippen molar-refractivity contribution in [3.05, 3.63) is 40.4 Å². The number of carbonyl (C=O) groups excluding carboxylic acids is 1. The Hall–Kier alpha value is -1.79. The maximum absolute atomic E-state index is 11.6. The van der Waals surface area contributed by atoms with Gasteiger partial charge in [0.2, 0.25) is 0 Å². The van der Waals surface area contributed by atoms with Gasteiger partial charge in [-0.25, -0.2) is 4.79 Å². The zero-order valence-electron chi connectivity index (χ0n) is 10.1. The first-order valence-corrected chi connectivity index (χ1v) is 6.09. The third-order valence-electron chi connectivity index (χ3n) is 2.23. The molecule has 4 heteroatoms. The second-order valence-electron chi connectivity index (χ2n) is 3.71. The monoisotopic (exact) mass is 263 g/mol. The molecule has 0 heterocycles. The van der Waals surface area contributed by atoms with Crippen LogP contribution >= 0.6 is 11.6 Å². The fourth-order valence-corrected chi connectivity index (χ4v) is 1.49. The maximum Gasteiger partial charge on any atom is 0.348 e. The Morgan fingerprint density at radius 2 is 2.33 bits per heavy atom. The van der Waals surface area contributed by atoms with E-state index in [0.717, 1.165) is 12.8 Å². The Morgan fingerprint density at radius 1 is 1.56 bits per heavy atom. The summed E-state index contributed by atoms with van der Waals surface area (Å²) in [5.74, 6) is -0.592. The maximum atomic E-state index is 11.6. The zero-order valence-corrected chi connectivity index (χ0v) is 10.9. The summed E-state index contributed by atoms with van der Waals surface area (Å²) in [6.45, 7) is 2.34. The van der Waals surface area contributed by atoms with E-state index in [4.69, 9.17) is 21.6 Å². The quantitative estimate of drug-likeness (QED) is 0.353. The van der Waals surface area contributed by atoms with Gasteiger partial charge in [0.25, 0.3) is 0 Å². The van der Waals surface area contributed by atoms with Crippen LogP contribution in [0.1, 0.15) is 25.3 Å². The van der Waals surface area contributed by atoms with Crippen LogP contribution in [0.2, 0.25) is 5.02 Å². The van der Waals surface area contributed by atoms with Gasteiger partial charge in [-0.15, -0.1) is 0 Å². The topological polar surface area (TPSA) is 50.1 Å². The summed E-state index contributed by atoms with van der Waals surface area (Å²) in [4.78, 5) is 11.6. The highest BCUT2D eigenvalue weighted by Crippen LogP contribution is 2.14. The second kappa shape index (κ2) is 7.52. The molecule has 1 rings (SSSR count). The van der Waals surface area contributed by atoms with Crippen LogP contribution in [0.25, 0.3) is 6.08 Å². The molecule has 0 spiro atoms. The summed E-state index contributed by atoms with van der Waals surface area (Å²) < 4.78 is 4.98. The van der Waals surface area contributed by atoms with Gasteiger partial charge in [0.15, 0.2) is 0 Å². The molecule has 3 nitrogen and oxygen atoms in total. The number of halogens is 1. The van der Waals surface area contributed by atoms with E-state index in [-0.39, 0.29) is 5.57 Å². The van der Waals surface area contributed by atoms with Crippen molar-refractivity contribution in [1.82, 2.24) is 0 Å². The Bertz CT molecular complexity index is 489. The lowest BCUT2D eigenvalue weighted by molar-refractivity contribution is -0.138. The van der Waals surface area contributed by atoms with Crippen LogP contribution < -0.4 is 0 Å². The predicted molar refractivity (Wildman–Crippen MR) is 70.9 cm³/mol. The van der Waals surface area contributed by atoms with E-state index in [9.17, 15) is 4.79 Å². The predicted octanol–water partition coefficient (Wildman–Crippen LogP) is 3.59. The van der Waals surface area contributed by atoms with Crippen LogP contribution in [0.3, 0.4) is 0 Å². The van der Waals surface area contributed by atoms with Crippen LogP contribution in [0.5, 0.6) is 0 Å². The first kappa shape index (κ1) is 14.3. The van der Waals surface area contributed by atoms with Crippen molar-refractivity contribution in [3.63, 3.8) is 0 Å². The molecule has 0 atom stereocenters. The molecule has 0 N–H and O–H groups in total. The largest absolute Gasteiger partial charge is 0.462 e. The molecule has 0 saturated carbocycles. The number of carbonyl (C=O) groups is 1. The van der Waals surface area contributed by atoms with Crippen molar-refractivity contribution in [2.45, 2.75) is 19.8 Å². The minimum Gasteiger partial charge on any atom is -0.462 e. The average molecular weight is 264 g/mol. The normalized spacial score (nSPS) is 10.8. The number of ether oxygens (including phenoxy) is 1. The number of esters is 1. The van der Waals surface area contributed by atoms with Crippen molar-refractivity contribution >= 4 is 23.6 Å². The minimum absolute atomic E-state index is 0.0200. The molecule has 0 aliphatic rings. The number of unbranched alkanes of at least 4 members (excludes halogenated alkanes) is 1. The molecule has 18 heavy (non-hydrogen) atoms. The lowest BCUT2D eigenvalue weighted by atomic mass is 10.1. The highest BCUT2D eigenvalue weighted by atomic mass is 35.5. The summed E-state index contributed by atoms with van der Waals surface area (Å²) in [6.07, 6.45) is 3.20. The molecule has 0 aromatic heterocycles. The Kier molecular flexibility index (Phi) is 5.96. The van der Waals surface area contributed by atoms with E-state index in [1.165, 1.54) is 6.08 Å². The smallest absolute Gasteiger partial charge is 0.348 e. The van der Waals surface area contributed by atoms with Gasteiger partial charge in [0.1, 0.15) is 11.6 Å². The number of benzene rings is 1. The van der Waals surface area contributed by atoms with Crippen LogP contribution in [0, 0.1) is 11.3 Å². The Morgan fingerprint density at radius 3 is 2.94 bits per heavy atom. The minimum atomic E-state index is -0.592. The number of hydrogen-bond donors (Lipinski definition) is 0. The lowest BCUT2D eigenvalue weighted by Crippen LogP contribution is -2.07. The fraction of sp³-hybridized carbons (Fsp3) is 0.286. The van der Waals surface area contributed by atoms with Crippen LogP contribution in [0.4, 0.5) is 0 Å². The Balaban J connectivity index is 2.77. The third kappa shape index (κ3) is 4.60. The summed E-state index contributed by atoms with van der Waals surface area (Å²) in [7, 11) is 0. The lowest BCUT2D eigenvalue weighted by Gasteiger charge is -2.02. The number of hydrogen-bond acceptors (Lipinski definition) is 3. The molecule has 0 aliphatic heterocycles. The molecule has 94 valence electrons. The van der Waals surface area contributed by atoms with Crippen molar-refractivity contribution in [3.8, 4) is 6.07 Å². The summed E-state index contributed by atoms with van der Waals surface area (Å²) in [5, 5.41) is 9.49. The molecular formula is C14H14ClNO2. The standard InChI is InChI=1S/C14H14ClNO2/c1-2-3-7-18-14(17)12(10-16)8-11-5-4-6-13(15)9-11/h4-6,8-9H,2-3,7H2,1H3/b12-8-. The van der Waals surface area contributed by atoms with Crippen LogP contribution in [-0.2, 0) is 9.53 Å². The fourth-order valence-electron chi connectivity index (χ4n) is 1.29. The van der Waals surface area contributed by atoms with E-state index in [1.54, 1.807) is 24.3 Å². The molecule has 0 aliphatic carbocycles. The number of nitriles is 1. The van der Waals surface area contributed by atoms with E-state index in [0.29, 0.717) is 17.2 Å². The molecule has 0 saturated heterocycles. The summed E-state index contributed by atoms with van der Waals surface area (Å²) in [6, 6.07) is 8.77. The van der Waals surface area contributed by atoms with Crippen LogP contribution in [0.15, 0.2) is 29.8 Å². The number of nitrogens with zero attached hydrogens (tertiary/aromatic N) is 1. The van der Waals surface area contributed by atoms with Gasteiger partial charge in [-0.1, -0.05) is 37.1 Å². The zero-order chi connectivity index (χ0) is 13.4. The third-order valence-corrected chi connectivity index (χ3v) is 2.47. The molecule has 0 unspecified atom stereocenters. The van der Waals surface area contributed by atoms with Crippen molar-refractivity contribution < 1.29 is 9.53 Å². The van der Waals surface area contributed by atoms with E-state index < -0.39 is 5.97 Å². The van der Waals surface area contributed by atoms with E-state index in [2.05, 4.69) is 0 Å². The second-order valence-corrected chi connectivity index (χ2v) is 4.15. The average Bonchev–Trinajstić information content (AvgIpc) is 2.36. The SMILES string of the molecule is CCCCOC(=O)/C(C#N)=C\c1cccc(Cl)c1. The first-order valence-electron chi connectivity index (χ1n) is 5.72. The van der Waals surface area contributed by atoms with Crippen LogP contribution in [-0.4, -0.2) is 12.6 Å². The molecular weight excluding hydrogens is 250 g/mol. The van der Waals surface area contributed by atoms with Gasteiger partial charge in [-0.05, 0) is 30.2 Å². The molecule has 0 amide bonds. The molecule has 0 radical (unpaired) electrons. The highest BCUT2D eigenvalue weighted by Gasteiger charge is 2.10. The molecule has 1 aromatic carbocycles. The van der Waals surface area contributed by atoms with E-state index in [1.807, 2.05) is 13.0 Å². The van der Waals surface area contributed by atoms with Gasteiger partial charge < -0.3 is 4.74 Å². The Labute approximate surface area is 112 Å². The highest BCUT2D eigenvalue weighted by molar-refractivity contribution is 6.30. The first-order chi connectivity index (χ1) is 8.67.